The van der Waals surface area contributed by atoms with E-state index in [9.17, 15) is 9.59 Å². The number of fused-ring (bicyclic) bond motifs is 7. The SMILES string of the molecule is O=C(NC[C@@H]1C[C@H]2CCN1C[C@@H]2CN1C[C@H]2C[C@H](C1)c1cccc(=O)n1C2)c1ccccc1. The van der Waals surface area contributed by atoms with Gasteiger partial charge in [0.1, 0.15) is 0 Å². The van der Waals surface area contributed by atoms with E-state index in [1.54, 1.807) is 6.07 Å². The number of hydrogen-bond donors (Lipinski definition) is 1. The van der Waals surface area contributed by atoms with Gasteiger partial charge in [0.25, 0.3) is 11.5 Å². The molecule has 33 heavy (non-hydrogen) atoms. The molecule has 0 aliphatic carbocycles. The molecule has 1 aromatic heterocycles. The summed E-state index contributed by atoms with van der Waals surface area (Å²) < 4.78 is 2.03. The number of carbonyl (C=O) groups excluding carboxylic acids is 1. The van der Waals surface area contributed by atoms with Crippen molar-refractivity contribution < 1.29 is 4.79 Å². The lowest BCUT2D eigenvalue weighted by atomic mass is 9.74. The highest BCUT2D eigenvalue weighted by Crippen LogP contribution is 2.39. The van der Waals surface area contributed by atoms with Crippen molar-refractivity contribution in [2.24, 2.45) is 17.8 Å². The summed E-state index contributed by atoms with van der Waals surface area (Å²) in [5, 5.41) is 3.17. The van der Waals surface area contributed by atoms with E-state index in [1.807, 2.05) is 41.0 Å². The number of rotatable bonds is 5. The number of benzene rings is 1. The van der Waals surface area contributed by atoms with Crippen LogP contribution in [0.2, 0.25) is 0 Å². The van der Waals surface area contributed by atoms with E-state index in [4.69, 9.17) is 0 Å². The molecule has 1 aromatic carbocycles. The van der Waals surface area contributed by atoms with Crippen LogP contribution >= 0.6 is 0 Å². The molecule has 1 amide bonds. The topological polar surface area (TPSA) is 57.6 Å². The molecule has 0 radical (unpaired) electrons. The van der Waals surface area contributed by atoms with Gasteiger partial charge in [0, 0.05) is 68.6 Å². The Morgan fingerprint density at radius 3 is 2.67 bits per heavy atom. The Balaban J connectivity index is 1.05. The van der Waals surface area contributed by atoms with Crippen molar-refractivity contribution in [3.63, 3.8) is 0 Å². The summed E-state index contributed by atoms with van der Waals surface area (Å²) in [6.45, 7) is 7.32. The molecule has 174 valence electrons. The first-order valence-corrected chi connectivity index (χ1v) is 12.6. The molecule has 0 spiro atoms. The third kappa shape index (κ3) is 4.15. The third-order valence-corrected chi connectivity index (χ3v) is 8.60. The molecule has 1 unspecified atom stereocenters. The maximum atomic E-state index is 12.5. The Hall–Kier alpha value is -2.44. The Kier molecular flexibility index (Phi) is 5.59. The molecule has 1 N–H and O–H groups in total. The molecule has 4 fully saturated rings. The predicted octanol–water partition coefficient (Wildman–Crippen LogP) is 2.41. The molecule has 7 rings (SSSR count). The molecule has 4 saturated heterocycles. The van der Waals surface area contributed by atoms with Crippen LogP contribution in [0.5, 0.6) is 0 Å². The minimum Gasteiger partial charge on any atom is -0.350 e. The number of amides is 1. The van der Waals surface area contributed by atoms with Gasteiger partial charge in [-0.3, -0.25) is 14.5 Å². The fraction of sp³-hybridized carbons (Fsp3) is 0.556. The Labute approximate surface area is 195 Å². The van der Waals surface area contributed by atoms with Gasteiger partial charge in [-0.2, -0.15) is 0 Å². The van der Waals surface area contributed by atoms with Crippen LogP contribution < -0.4 is 10.9 Å². The van der Waals surface area contributed by atoms with Gasteiger partial charge in [0.2, 0.25) is 0 Å². The van der Waals surface area contributed by atoms with Crippen molar-refractivity contribution in [3.05, 3.63) is 70.1 Å². The van der Waals surface area contributed by atoms with Crippen LogP contribution in [0.3, 0.4) is 0 Å². The molecule has 4 bridgehead atoms. The monoisotopic (exact) mass is 446 g/mol. The number of aromatic nitrogens is 1. The zero-order chi connectivity index (χ0) is 22.4. The second-order valence-corrected chi connectivity index (χ2v) is 10.7. The zero-order valence-corrected chi connectivity index (χ0v) is 19.2. The third-order valence-electron chi connectivity index (χ3n) is 8.60. The summed E-state index contributed by atoms with van der Waals surface area (Å²) in [6, 6.07) is 15.8. The lowest BCUT2D eigenvalue weighted by Gasteiger charge is -2.52. The quantitative estimate of drug-likeness (QED) is 0.767. The van der Waals surface area contributed by atoms with E-state index in [-0.39, 0.29) is 11.5 Å². The van der Waals surface area contributed by atoms with Gasteiger partial charge in [0.15, 0.2) is 0 Å². The van der Waals surface area contributed by atoms with Crippen molar-refractivity contribution in [2.75, 3.05) is 39.3 Å². The van der Waals surface area contributed by atoms with Crippen LogP contribution in [-0.4, -0.2) is 65.6 Å². The van der Waals surface area contributed by atoms with E-state index in [0.717, 1.165) is 56.7 Å². The highest BCUT2D eigenvalue weighted by molar-refractivity contribution is 5.94. The van der Waals surface area contributed by atoms with Crippen LogP contribution in [0.15, 0.2) is 53.3 Å². The van der Waals surface area contributed by atoms with Crippen LogP contribution in [0.25, 0.3) is 0 Å². The van der Waals surface area contributed by atoms with E-state index in [2.05, 4.69) is 21.2 Å². The Morgan fingerprint density at radius 2 is 1.85 bits per heavy atom. The maximum absolute atomic E-state index is 12.5. The summed E-state index contributed by atoms with van der Waals surface area (Å²) in [5.41, 5.74) is 2.15. The van der Waals surface area contributed by atoms with Crippen LogP contribution in [0.4, 0.5) is 0 Å². The number of likely N-dealkylation sites (tertiary alicyclic amines) is 1. The first-order chi connectivity index (χ1) is 16.1. The molecule has 2 aromatic rings. The molecule has 5 aliphatic heterocycles. The van der Waals surface area contributed by atoms with E-state index in [0.29, 0.717) is 17.9 Å². The van der Waals surface area contributed by atoms with E-state index >= 15 is 0 Å². The summed E-state index contributed by atoms with van der Waals surface area (Å²) in [4.78, 5) is 30.1. The molecule has 6 heterocycles. The molecule has 6 heteroatoms. The standard InChI is InChI=1S/C27H34N4O2/c32-26-8-4-7-25-22-11-19(15-31(25)26)14-29(16-22)17-23-18-30-10-9-21(23)12-24(30)13-28-27(33)20-5-2-1-3-6-20/h1-8,19,21-24H,9-18H2,(H,28,33)/t19-,21-,22-,23+,24+/m1/s1. The van der Waals surface area contributed by atoms with Crippen LogP contribution in [0.1, 0.15) is 41.2 Å². The molecule has 5 aliphatic rings. The molecular formula is C27H34N4O2. The minimum absolute atomic E-state index is 0.0361. The molecular weight excluding hydrogens is 412 g/mol. The van der Waals surface area contributed by atoms with Crippen LogP contribution in [-0.2, 0) is 6.54 Å². The summed E-state index contributed by atoms with van der Waals surface area (Å²) in [7, 11) is 0. The Morgan fingerprint density at radius 1 is 0.970 bits per heavy atom. The van der Waals surface area contributed by atoms with Gasteiger partial charge in [-0.1, -0.05) is 24.3 Å². The van der Waals surface area contributed by atoms with Gasteiger partial charge in [-0.15, -0.1) is 0 Å². The van der Waals surface area contributed by atoms with Gasteiger partial charge < -0.3 is 14.8 Å². The van der Waals surface area contributed by atoms with Gasteiger partial charge in [0.05, 0.1) is 0 Å². The second-order valence-electron chi connectivity index (χ2n) is 10.7. The summed E-state index contributed by atoms with van der Waals surface area (Å²) in [5.74, 6) is 2.60. The fourth-order valence-electron chi connectivity index (χ4n) is 7.05. The largest absolute Gasteiger partial charge is 0.350 e. The normalized spacial score (nSPS) is 32.8. The minimum atomic E-state index is 0.0361. The number of pyridine rings is 1. The average Bonchev–Trinajstić information content (AvgIpc) is 2.84. The van der Waals surface area contributed by atoms with Crippen molar-refractivity contribution in [1.82, 2.24) is 19.7 Å². The van der Waals surface area contributed by atoms with Crippen molar-refractivity contribution in [2.45, 2.75) is 37.8 Å². The first-order valence-electron chi connectivity index (χ1n) is 12.6. The molecule has 0 saturated carbocycles. The van der Waals surface area contributed by atoms with Crippen molar-refractivity contribution in [1.29, 1.82) is 0 Å². The lowest BCUT2D eigenvalue weighted by Crippen LogP contribution is -2.59. The summed E-state index contributed by atoms with van der Waals surface area (Å²) >= 11 is 0. The molecule has 6 atom stereocenters. The first kappa shape index (κ1) is 21.1. The molecule has 6 nitrogen and oxygen atoms in total. The van der Waals surface area contributed by atoms with Gasteiger partial charge in [-0.25, -0.2) is 0 Å². The van der Waals surface area contributed by atoms with Crippen molar-refractivity contribution in [3.8, 4) is 0 Å². The number of carbonyl (C=O) groups is 1. The number of piperidine rings is 4. The highest BCUT2D eigenvalue weighted by Gasteiger charge is 2.42. The zero-order valence-electron chi connectivity index (χ0n) is 19.2. The van der Waals surface area contributed by atoms with Crippen molar-refractivity contribution >= 4 is 5.91 Å². The maximum Gasteiger partial charge on any atom is 0.251 e. The van der Waals surface area contributed by atoms with Gasteiger partial charge in [-0.05, 0) is 61.8 Å². The lowest BCUT2D eigenvalue weighted by molar-refractivity contribution is -0.0197. The number of hydrogen-bond acceptors (Lipinski definition) is 4. The second kappa shape index (κ2) is 8.73. The average molecular weight is 447 g/mol. The van der Waals surface area contributed by atoms with Crippen LogP contribution in [0, 0.1) is 17.8 Å². The highest BCUT2D eigenvalue weighted by atomic mass is 16.1. The summed E-state index contributed by atoms with van der Waals surface area (Å²) in [6.07, 6.45) is 3.70. The Bertz CT molecular complexity index is 1070. The smallest absolute Gasteiger partial charge is 0.251 e. The number of nitrogens with zero attached hydrogens (tertiary/aromatic N) is 3. The van der Waals surface area contributed by atoms with E-state index < -0.39 is 0 Å². The number of nitrogens with one attached hydrogen (secondary N) is 1. The predicted molar refractivity (Wildman–Crippen MR) is 128 cm³/mol. The van der Waals surface area contributed by atoms with Gasteiger partial charge >= 0.3 is 0 Å². The fourth-order valence-corrected chi connectivity index (χ4v) is 7.05. The van der Waals surface area contributed by atoms with E-state index in [1.165, 1.54) is 31.5 Å².